The van der Waals surface area contributed by atoms with E-state index in [2.05, 4.69) is 5.32 Å². The van der Waals surface area contributed by atoms with Crippen LogP contribution in [0.4, 0.5) is 10.1 Å². The van der Waals surface area contributed by atoms with Crippen molar-refractivity contribution in [2.75, 3.05) is 5.32 Å². The van der Waals surface area contributed by atoms with E-state index >= 15 is 0 Å². The highest BCUT2D eigenvalue weighted by Crippen LogP contribution is 2.29. The number of amides is 1. The van der Waals surface area contributed by atoms with Gasteiger partial charge in [0, 0.05) is 34.0 Å². The second-order valence-electron chi connectivity index (χ2n) is 6.34. The van der Waals surface area contributed by atoms with Crippen LogP contribution in [0.2, 0.25) is 0 Å². The summed E-state index contributed by atoms with van der Waals surface area (Å²) in [5.74, 6) is -1.21. The molecule has 3 aromatic rings. The monoisotopic (exact) mass is 371 g/mol. The van der Waals surface area contributed by atoms with Crippen molar-refractivity contribution in [3.05, 3.63) is 106 Å². The predicted octanol–water partition coefficient (Wildman–Crippen LogP) is 4.25. The fraction of sp³-hybridized carbons (Fsp3) is 0. The van der Waals surface area contributed by atoms with E-state index in [9.17, 15) is 18.8 Å². The van der Waals surface area contributed by atoms with Gasteiger partial charge in [0.25, 0.3) is 0 Å². The highest BCUT2D eigenvalue weighted by Gasteiger charge is 2.29. The third kappa shape index (κ3) is 3.25. The highest BCUT2D eigenvalue weighted by atomic mass is 19.1. The SMILES string of the molecule is O=C(/C=C/c1ccc(F)cc1)Nc1ccc2c(c1)C(=O)c1ccccc1C2=O. The second kappa shape index (κ2) is 7.04. The molecule has 1 amide bonds. The van der Waals surface area contributed by atoms with Crippen molar-refractivity contribution in [2.24, 2.45) is 0 Å². The van der Waals surface area contributed by atoms with E-state index in [0.717, 1.165) is 0 Å². The molecule has 1 N–H and O–H groups in total. The lowest BCUT2D eigenvalue weighted by Crippen LogP contribution is -2.21. The Kier molecular flexibility index (Phi) is 4.41. The topological polar surface area (TPSA) is 63.2 Å². The maximum Gasteiger partial charge on any atom is 0.248 e. The fourth-order valence-corrected chi connectivity index (χ4v) is 3.11. The van der Waals surface area contributed by atoms with E-state index in [0.29, 0.717) is 27.9 Å². The van der Waals surface area contributed by atoms with Crippen LogP contribution in [0.25, 0.3) is 6.08 Å². The molecular formula is C23H14FNO3. The molecule has 0 atom stereocenters. The van der Waals surface area contributed by atoms with Crippen LogP contribution >= 0.6 is 0 Å². The van der Waals surface area contributed by atoms with Gasteiger partial charge in [0.2, 0.25) is 5.91 Å². The Hall–Kier alpha value is -3.86. The molecule has 0 unspecified atom stereocenters. The van der Waals surface area contributed by atoms with Crippen molar-refractivity contribution >= 4 is 29.2 Å². The predicted molar refractivity (Wildman–Crippen MR) is 104 cm³/mol. The van der Waals surface area contributed by atoms with Crippen LogP contribution in [-0.2, 0) is 4.79 Å². The molecule has 4 nitrogen and oxygen atoms in total. The van der Waals surface area contributed by atoms with Gasteiger partial charge < -0.3 is 5.32 Å². The van der Waals surface area contributed by atoms with Gasteiger partial charge in [0.1, 0.15) is 5.82 Å². The molecule has 0 bridgehead atoms. The van der Waals surface area contributed by atoms with E-state index in [1.165, 1.54) is 24.3 Å². The minimum atomic E-state index is -0.403. The van der Waals surface area contributed by atoms with Crippen LogP contribution < -0.4 is 5.32 Å². The van der Waals surface area contributed by atoms with E-state index < -0.39 is 5.91 Å². The number of nitrogens with one attached hydrogen (secondary N) is 1. The molecular weight excluding hydrogens is 357 g/mol. The smallest absolute Gasteiger partial charge is 0.248 e. The summed E-state index contributed by atoms with van der Waals surface area (Å²) in [5.41, 5.74) is 2.43. The Balaban J connectivity index is 1.56. The van der Waals surface area contributed by atoms with Crippen molar-refractivity contribution in [2.45, 2.75) is 0 Å². The first kappa shape index (κ1) is 17.5. The average Bonchev–Trinajstić information content (AvgIpc) is 2.71. The summed E-state index contributed by atoms with van der Waals surface area (Å²) in [6.07, 6.45) is 2.87. The zero-order valence-corrected chi connectivity index (χ0v) is 14.6. The van der Waals surface area contributed by atoms with E-state index in [1.54, 1.807) is 54.6 Å². The molecule has 0 spiro atoms. The van der Waals surface area contributed by atoms with Gasteiger partial charge in [-0.3, -0.25) is 14.4 Å². The summed E-state index contributed by atoms with van der Waals surface area (Å²) in [6, 6.07) is 17.0. The summed E-state index contributed by atoms with van der Waals surface area (Å²) in [7, 11) is 0. The van der Waals surface area contributed by atoms with Gasteiger partial charge in [-0.05, 0) is 42.0 Å². The van der Waals surface area contributed by atoms with Crippen LogP contribution in [0.5, 0.6) is 0 Å². The first-order chi connectivity index (χ1) is 13.5. The summed E-state index contributed by atoms with van der Waals surface area (Å²) < 4.78 is 12.9. The molecule has 3 aromatic carbocycles. The number of carbonyl (C=O) groups excluding carboxylic acids is 3. The largest absolute Gasteiger partial charge is 0.322 e. The standard InChI is InChI=1S/C23H14FNO3/c24-15-8-5-14(6-9-15)7-12-21(26)25-16-10-11-19-20(13-16)23(28)18-4-2-1-3-17(18)22(19)27/h1-13H,(H,25,26)/b12-7+. The number of hydrogen-bond donors (Lipinski definition) is 1. The highest BCUT2D eigenvalue weighted by molar-refractivity contribution is 6.28. The third-order valence-corrected chi connectivity index (χ3v) is 4.49. The van der Waals surface area contributed by atoms with Crippen molar-refractivity contribution in [3.63, 3.8) is 0 Å². The van der Waals surface area contributed by atoms with Gasteiger partial charge in [-0.2, -0.15) is 0 Å². The molecule has 0 heterocycles. The molecule has 1 aliphatic rings. The van der Waals surface area contributed by atoms with Gasteiger partial charge in [0.05, 0.1) is 0 Å². The number of fused-ring (bicyclic) bond motifs is 2. The van der Waals surface area contributed by atoms with Gasteiger partial charge in [-0.15, -0.1) is 0 Å². The summed E-state index contributed by atoms with van der Waals surface area (Å²) in [4.78, 5) is 37.5. The Morgan fingerprint density at radius 3 is 2.07 bits per heavy atom. The van der Waals surface area contributed by atoms with Crippen LogP contribution in [-0.4, -0.2) is 17.5 Å². The quantitative estimate of drug-likeness (QED) is 0.548. The Morgan fingerprint density at radius 1 is 0.786 bits per heavy atom. The molecule has 136 valence electrons. The number of rotatable bonds is 3. The lowest BCUT2D eigenvalue weighted by Gasteiger charge is -2.18. The molecule has 1 aliphatic carbocycles. The maximum absolute atomic E-state index is 12.9. The molecule has 5 heteroatoms. The zero-order chi connectivity index (χ0) is 19.7. The maximum atomic E-state index is 12.9. The molecule has 0 aliphatic heterocycles. The Morgan fingerprint density at radius 2 is 1.39 bits per heavy atom. The van der Waals surface area contributed by atoms with Crippen LogP contribution in [0.15, 0.2) is 72.8 Å². The lowest BCUT2D eigenvalue weighted by molar-refractivity contribution is -0.111. The summed E-state index contributed by atoms with van der Waals surface area (Å²) in [6.45, 7) is 0. The lowest BCUT2D eigenvalue weighted by atomic mass is 9.84. The molecule has 0 saturated carbocycles. The molecule has 0 aromatic heterocycles. The molecule has 0 radical (unpaired) electrons. The van der Waals surface area contributed by atoms with Crippen molar-refractivity contribution in [1.82, 2.24) is 0 Å². The third-order valence-electron chi connectivity index (χ3n) is 4.49. The number of carbonyl (C=O) groups is 3. The molecule has 0 fully saturated rings. The molecule has 4 rings (SSSR count). The number of benzene rings is 3. The molecule has 0 saturated heterocycles. The Bertz CT molecular complexity index is 1150. The first-order valence-electron chi connectivity index (χ1n) is 8.60. The van der Waals surface area contributed by atoms with Crippen LogP contribution in [0.1, 0.15) is 37.4 Å². The van der Waals surface area contributed by atoms with Gasteiger partial charge in [-0.1, -0.05) is 36.4 Å². The van der Waals surface area contributed by atoms with Crippen molar-refractivity contribution in [1.29, 1.82) is 0 Å². The summed E-state index contributed by atoms with van der Waals surface area (Å²) in [5, 5.41) is 2.67. The van der Waals surface area contributed by atoms with E-state index in [-0.39, 0.29) is 22.9 Å². The van der Waals surface area contributed by atoms with Gasteiger partial charge in [0.15, 0.2) is 11.6 Å². The molecule has 28 heavy (non-hydrogen) atoms. The van der Waals surface area contributed by atoms with Gasteiger partial charge >= 0.3 is 0 Å². The Labute approximate surface area is 160 Å². The number of anilines is 1. The van der Waals surface area contributed by atoms with E-state index in [1.807, 2.05) is 0 Å². The number of halogens is 1. The normalized spacial score (nSPS) is 12.6. The second-order valence-corrected chi connectivity index (χ2v) is 6.34. The van der Waals surface area contributed by atoms with Gasteiger partial charge in [-0.25, -0.2) is 4.39 Å². The minimum Gasteiger partial charge on any atom is -0.322 e. The number of hydrogen-bond acceptors (Lipinski definition) is 3. The minimum absolute atomic E-state index is 0.209. The number of ketones is 2. The van der Waals surface area contributed by atoms with E-state index in [4.69, 9.17) is 0 Å². The van der Waals surface area contributed by atoms with Crippen LogP contribution in [0.3, 0.4) is 0 Å². The first-order valence-corrected chi connectivity index (χ1v) is 8.60. The average molecular weight is 371 g/mol. The van der Waals surface area contributed by atoms with Crippen molar-refractivity contribution < 1.29 is 18.8 Å². The summed E-state index contributed by atoms with van der Waals surface area (Å²) >= 11 is 0. The zero-order valence-electron chi connectivity index (χ0n) is 14.6. The fourth-order valence-electron chi connectivity index (χ4n) is 3.11. The van der Waals surface area contributed by atoms with Crippen LogP contribution in [0, 0.1) is 5.82 Å². The van der Waals surface area contributed by atoms with Crippen molar-refractivity contribution in [3.8, 4) is 0 Å².